The summed E-state index contributed by atoms with van der Waals surface area (Å²) in [5.41, 5.74) is 1.16. The van der Waals surface area contributed by atoms with E-state index in [1.807, 2.05) is 91.0 Å². The summed E-state index contributed by atoms with van der Waals surface area (Å²) in [6.07, 6.45) is 1.23. The molecule has 1 unspecified atom stereocenters. The van der Waals surface area contributed by atoms with Crippen LogP contribution in [0.3, 0.4) is 0 Å². The van der Waals surface area contributed by atoms with Gasteiger partial charge in [0.25, 0.3) is 5.56 Å². The summed E-state index contributed by atoms with van der Waals surface area (Å²) < 4.78 is 7.51. The molecule has 1 aliphatic rings. The number of alkyl halides is 1. The molecule has 0 radical (unpaired) electrons. The Balaban J connectivity index is 1.84. The van der Waals surface area contributed by atoms with Crippen LogP contribution in [0.15, 0.2) is 107 Å². The number of aliphatic hydroxyl groups excluding tert-OH is 1. The first-order chi connectivity index (χ1) is 17.1. The number of benzene rings is 3. The molecule has 178 valence electrons. The maximum absolute atomic E-state index is 13.6. The largest absolute Gasteiger partial charge is 0.394 e. The zero-order valence-electron chi connectivity index (χ0n) is 18.9. The van der Waals surface area contributed by atoms with Gasteiger partial charge in [0, 0.05) is 16.5 Å². The Morgan fingerprint density at radius 1 is 0.886 bits per heavy atom. The lowest BCUT2D eigenvalue weighted by Gasteiger charge is -2.36. The Hall–Kier alpha value is -3.01. The van der Waals surface area contributed by atoms with E-state index in [1.54, 1.807) is 6.20 Å². The van der Waals surface area contributed by atoms with E-state index in [0.717, 1.165) is 16.7 Å². The number of H-pyrrole nitrogens is 1. The van der Waals surface area contributed by atoms with Crippen molar-refractivity contribution in [2.75, 3.05) is 6.61 Å². The van der Waals surface area contributed by atoms with Gasteiger partial charge in [-0.1, -0.05) is 114 Å². The van der Waals surface area contributed by atoms with Gasteiger partial charge in [0.05, 0.1) is 23.7 Å². The van der Waals surface area contributed by atoms with Crippen LogP contribution < -0.4 is 11.2 Å². The fourth-order valence-electron chi connectivity index (χ4n) is 5.02. The highest BCUT2D eigenvalue weighted by Crippen LogP contribution is 2.44. The molecular formula is C28H25IN2O4. The SMILES string of the molecule is O=c1[nH]c(=O)n([C@@H]2CC(I)[C@H](CO)O2)cc1C(c1ccccc1)(c1ccccc1)c1ccccc1. The number of hydrogen-bond donors (Lipinski definition) is 2. The molecule has 35 heavy (non-hydrogen) atoms. The quantitative estimate of drug-likeness (QED) is 0.205. The van der Waals surface area contributed by atoms with E-state index < -0.39 is 22.9 Å². The molecule has 1 fully saturated rings. The predicted molar refractivity (Wildman–Crippen MR) is 143 cm³/mol. The maximum Gasteiger partial charge on any atom is 0.330 e. The van der Waals surface area contributed by atoms with E-state index in [2.05, 4.69) is 27.6 Å². The van der Waals surface area contributed by atoms with Crippen molar-refractivity contribution in [3.8, 4) is 0 Å². The molecule has 1 saturated heterocycles. The summed E-state index contributed by atoms with van der Waals surface area (Å²) >= 11 is 2.23. The third kappa shape index (κ3) is 4.17. The Morgan fingerprint density at radius 2 is 1.37 bits per heavy atom. The van der Waals surface area contributed by atoms with Crippen molar-refractivity contribution in [2.24, 2.45) is 0 Å². The molecule has 2 heterocycles. The number of nitrogens with one attached hydrogen (secondary N) is 1. The molecule has 0 amide bonds. The normalized spacial score (nSPS) is 20.1. The highest BCUT2D eigenvalue weighted by molar-refractivity contribution is 14.1. The standard InChI is InChI=1S/C28H25IN2O4/c29-23-16-25(35-24(23)18-32)31-17-22(26(33)30-27(31)34)28(19-10-4-1-5-11-19,20-12-6-2-7-13-20)21-14-8-3-9-15-21/h1-15,17,23-25,32H,16,18H2,(H,30,33,34)/t23?,24-,25-/m0/s1. The Morgan fingerprint density at radius 3 is 1.80 bits per heavy atom. The fraction of sp³-hybridized carbons (Fsp3) is 0.214. The highest BCUT2D eigenvalue weighted by Gasteiger charge is 2.42. The zero-order chi connectivity index (χ0) is 24.4. The van der Waals surface area contributed by atoms with Gasteiger partial charge >= 0.3 is 5.69 Å². The molecule has 0 saturated carbocycles. The van der Waals surface area contributed by atoms with Crippen molar-refractivity contribution >= 4 is 22.6 Å². The van der Waals surface area contributed by atoms with Gasteiger partial charge in [0.15, 0.2) is 0 Å². The Bertz CT molecular complexity index is 1310. The minimum atomic E-state index is -0.981. The monoisotopic (exact) mass is 580 g/mol. The summed E-state index contributed by atoms with van der Waals surface area (Å²) in [6, 6.07) is 29.6. The van der Waals surface area contributed by atoms with Crippen LogP contribution in [0, 0.1) is 0 Å². The van der Waals surface area contributed by atoms with Gasteiger partial charge in [-0.3, -0.25) is 14.3 Å². The van der Waals surface area contributed by atoms with Crippen molar-refractivity contribution in [3.05, 3.63) is 140 Å². The topological polar surface area (TPSA) is 84.3 Å². The first-order valence-electron chi connectivity index (χ1n) is 11.5. The minimum Gasteiger partial charge on any atom is -0.394 e. The lowest BCUT2D eigenvalue weighted by Crippen LogP contribution is -2.42. The summed E-state index contributed by atoms with van der Waals surface area (Å²) in [5, 5.41) is 9.67. The lowest BCUT2D eigenvalue weighted by molar-refractivity contribution is -0.0233. The van der Waals surface area contributed by atoms with Crippen molar-refractivity contribution in [1.82, 2.24) is 9.55 Å². The van der Waals surface area contributed by atoms with Gasteiger partial charge in [-0.05, 0) is 16.7 Å². The molecule has 2 N–H and O–H groups in total. The van der Waals surface area contributed by atoms with E-state index in [0.29, 0.717) is 12.0 Å². The molecule has 0 bridgehead atoms. The number of ether oxygens (including phenoxy) is 1. The molecule has 6 nitrogen and oxygen atoms in total. The average molecular weight is 580 g/mol. The van der Waals surface area contributed by atoms with Gasteiger partial charge < -0.3 is 9.84 Å². The third-order valence-electron chi connectivity index (χ3n) is 6.64. The second kappa shape index (κ2) is 9.93. The summed E-state index contributed by atoms with van der Waals surface area (Å²) in [5.74, 6) is 0. The van der Waals surface area contributed by atoms with Crippen LogP contribution in [0.25, 0.3) is 0 Å². The fourth-order valence-corrected chi connectivity index (χ4v) is 5.85. The molecule has 1 aromatic heterocycles. The molecular weight excluding hydrogens is 555 g/mol. The number of aromatic nitrogens is 2. The number of hydrogen-bond acceptors (Lipinski definition) is 4. The zero-order valence-corrected chi connectivity index (χ0v) is 21.0. The van der Waals surface area contributed by atoms with Gasteiger partial charge in [-0.2, -0.15) is 0 Å². The molecule has 3 atom stereocenters. The van der Waals surface area contributed by atoms with E-state index in [9.17, 15) is 14.7 Å². The minimum absolute atomic E-state index is 0.0482. The third-order valence-corrected chi connectivity index (χ3v) is 7.96. The molecule has 0 spiro atoms. The maximum atomic E-state index is 13.6. The lowest BCUT2D eigenvalue weighted by atomic mass is 9.66. The molecule has 0 aliphatic carbocycles. The second-order valence-corrected chi connectivity index (χ2v) is 10.2. The van der Waals surface area contributed by atoms with Crippen LogP contribution in [-0.4, -0.2) is 31.3 Å². The van der Waals surface area contributed by atoms with E-state index in [1.165, 1.54) is 4.57 Å². The van der Waals surface area contributed by atoms with Crippen molar-refractivity contribution in [2.45, 2.75) is 28.1 Å². The van der Waals surface area contributed by atoms with E-state index >= 15 is 0 Å². The number of rotatable bonds is 6. The van der Waals surface area contributed by atoms with Crippen LogP contribution in [0.2, 0.25) is 0 Å². The molecule has 7 heteroatoms. The van der Waals surface area contributed by atoms with E-state index in [4.69, 9.17) is 4.74 Å². The first-order valence-corrected chi connectivity index (χ1v) is 12.7. The van der Waals surface area contributed by atoms with Crippen LogP contribution >= 0.6 is 22.6 Å². The van der Waals surface area contributed by atoms with Crippen LogP contribution in [-0.2, 0) is 10.2 Å². The van der Waals surface area contributed by atoms with Crippen molar-refractivity contribution in [1.29, 1.82) is 0 Å². The summed E-state index contributed by atoms with van der Waals surface area (Å²) in [4.78, 5) is 29.1. The predicted octanol–water partition coefficient (Wildman–Crippen LogP) is 4.00. The Kier molecular flexibility index (Phi) is 6.73. The number of nitrogens with zero attached hydrogens (tertiary/aromatic N) is 1. The van der Waals surface area contributed by atoms with Crippen molar-refractivity contribution < 1.29 is 9.84 Å². The average Bonchev–Trinajstić information content (AvgIpc) is 3.27. The van der Waals surface area contributed by atoms with Gasteiger partial charge in [-0.25, -0.2) is 4.79 Å². The molecule has 1 aliphatic heterocycles. The van der Waals surface area contributed by atoms with Crippen LogP contribution in [0.1, 0.15) is 34.9 Å². The van der Waals surface area contributed by atoms with Gasteiger partial charge in [0.1, 0.15) is 6.23 Å². The molecule has 3 aromatic carbocycles. The highest BCUT2D eigenvalue weighted by atomic mass is 127. The summed E-state index contributed by atoms with van der Waals surface area (Å²) in [6.45, 7) is -0.128. The number of halogens is 1. The van der Waals surface area contributed by atoms with Gasteiger partial charge in [-0.15, -0.1) is 0 Å². The molecule has 5 rings (SSSR count). The van der Waals surface area contributed by atoms with E-state index in [-0.39, 0.29) is 16.6 Å². The Labute approximate surface area is 216 Å². The smallest absolute Gasteiger partial charge is 0.330 e. The number of aliphatic hydroxyl groups is 1. The van der Waals surface area contributed by atoms with Crippen LogP contribution in [0.4, 0.5) is 0 Å². The molecule has 4 aromatic rings. The van der Waals surface area contributed by atoms with Gasteiger partial charge in [0.2, 0.25) is 0 Å². The number of aromatic amines is 1. The first kappa shape index (κ1) is 23.7. The summed E-state index contributed by atoms with van der Waals surface area (Å²) in [7, 11) is 0. The van der Waals surface area contributed by atoms with Crippen molar-refractivity contribution in [3.63, 3.8) is 0 Å². The second-order valence-electron chi connectivity index (χ2n) is 8.62. The van der Waals surface area contributed by atoms with Crippen LogP contribution in [0.5, 0.6) is 0 Å².